The van der Waals surface area contributed by atoms with Gasteiger partial charge >= 0.3 is 5.69 Å². The van der Waals surface area contributed by atoms with Crippen LogP contribution in [0.25, 0.3) is 50.4 Å². The maximum absolute atomic E-state index is 14.5. The van der Waals surface area contributed by atoms with Gasteiger partial charge in [0.1, 0.15) is 29.7 Å². The Kier molecular flexibility index (Phi) is 43.3. The highest BCUT2D eigenvalue weighted by Gasteiger charge is 2.32. The highest BCUT2D eigenvalue weighted by molar-refractivity contribution is 6.47. The van der Waals surface area contributed by atoms with Gasteiger partial charge in [-0.1, -0.05) is 220 Å². The summed E-state index contributed by atoms with van der Waals surface area (Å²) in [6, 6.07) is 14.7. The number of fused-ring (bicyclic) bond motifs is 1. The van der Waals surface area contributed by atoms with Gasteiger partial charge in [-0.25, -0.2) is 28.1 Å². The van der Waals surface area contributed by atoms with E-state index in [-0.39, 0.29) is 82.2 Å². The van der Waals surface area contributed by atoms with E-state index < -0.39 is 40.0 Å². The number of anilines is 1. The molecule has 8 heterocycles. The molecule has 0 saturated heterocycles. The van der Waals surface area contributed by atoms with Crippen molar-refractivity contribution in [3.63, 3.8) is 0 Å². The lowest BCUT2D eigenvalue weighted by Crippen LogP contribution is -2.44. The molecule has 13 N–H and O–H groups in total. The van der Waals surface area contributed by atoms with Crippen molar-refractivity contribution < 1.29 is 23.8 Å². The van der Waals surface area contributed by atoms with Gasteiger partial charge in [-0.15, -0.1) is 22.2 Å². The second-order valence-corrected chi connectivity index (χ2v) is 32.6. The van der Waals surface area contributed by atoms with Crippen LogP contribution in [0.3, 0.4) is 0 Å². The molecular weight excluding hydrogens is 1690 g/mol. The SMILES string of the molecule is C=C(C)c1cnnc(C(=C)C)c1C.CC(C)(O)C(C)(C)O.CC(C)C(=C/N)/C(N)=C(\N)C(C)C.CC(C)c1cnnc(C(C)C)c1-n1c(=O)[nH]c(=O)c2cc(Cl)c(-c3ccccc3F)nc21.CC(C)c1cnnc(C(C)C)c1N.Cc1c(Cl)cnnc1Cl.Clc1cnnc(Cl)c1Cl.NC(=O)c1cc(Cl)c(-c2ccccc2F)nc1Cl.[B]C(=C)C. The van der Waals surface area contributed by atoms with Crippen LogP contribution in [0.1, 0.15) is 210 Å². The molecule has 0 aliphatic rings. The molecule has 24 nitrogen and oxygen atoms in total. The first kappa shape index (κ1) is 106. The number of rotatable bonds is 14. The number of pyridine rings is 2. The predicted molar refractivity (Wildman–Crippen MR) is 485 cm³/mol. The van der Waals surface area contributed by atoms with Crippen molar-refractivity contribution >= 4 is 134 Å². The number of carbonyl (C=O) groups is 1. The molecule has 2 radical (unpaired) electrons. The second kappa shape index (κ2) is 48.8. The summed E-state index contributed by atoms with van der Waals surface area (Å²) in [6.45, 7) is 51.1. The quantitative estimate of drug-likeness (QED) is 0.0285. The molecule has 0 fully saturated rings. The summed E-state index contributed by atoms with van der Waals surface area (Å²) in [7, 11) is 4.92. The largest absolute Gasteiger partial charge is 0.404 e. The molecule has 2 aromatic carbocycles. The summed E-state index contributed by atoms with van der Waals surface area (Å²) in [4.78, 5) is 47.6. The Morgan fingerprint density at radius 1 is 0.563 bits per heavy atom. The first-order valence-corrected chi connectivity index (χ1v) is 39.7. The van der Waals surface area contributed by atoms with Gasteiger partial charge in [0.25, 0.3) is 11.5 Å². The molecule has 0 aliphatic carbocycles. The van der Waals surface area contributed by atoms with Crippen LogP contribution >= 0.6 is 92.8 Å². The number of carbonyl (C=O) groups excluding carboxylic acids is 1. The number of nitrogens with two attached hydrogens (primary N) is 5. The number of aromatic amines is 1. The minimum atomic E-state index is -1.01. The summed E-state index contributed by atoms with van der Waals surface area (Å²) < 4.78 is 29.5. The van der Waals surface area contributed by atoms with Gasteiger partial charge in [0.2, 0.25) is 0 Å². The number of benzene rings is 2. The lowest BCUT2D eigenvalue weighted by atomic mass is 9.90. The Labute approximate surface area is 736 Å². The van der Waals surface area contributed by atoms with E-state index in [1.165, 1.54) is 59.6 Å². The third-order valence-corrected chi connectivity index (χ3v) is 19.6. The van der Waals surface area contributed by atoms with E-state index in [0.717, 1.165) is 61.6 Å². The van der Waals surface area contributed by atoms with Gasteiger partial charge < -0.3 is 38.9 Å². The molecule has 0 aliphatic heterocycles. The average molecular weight is 1790 g/mol. The summed E-state index contributed by atoms with van der Waals surface area (Å²) in [5.74, 6) is -0.482. The molecule has 10 rings (SSSR count). The lowest BCUT2D eigenvalue weighted by molar-refractivity contribution is -0.107. The minimum Gasteiger partial charge on any atom is -0.404 e. The van der Waals surface area contributed by atoms with Crippen LogP contribution in [-0.4, -0.2) is 106 Å². The van der Waals surface area contributed by atoms with E-state index in [0.29, 0.717) is 61.2 Å². The normalized spacial score (nSPS) is 11.3. The summed E-state index contributed by atoms with van der Waals surface area (Å²) in [6.07, 6.45) is 9.42. The lowest BCUT2D eigenvalue weighted by Gasteiger charge is -2.31. The fourth-order valence-electron chi connectivity index (χ4n) is 9.52. The topological polar surface area (TPSA) is 397 Å². The predicted octanol–water partition coefficient (Wildman–Crippen LogP) is 20.0. The number of allylic oxidation sites excluding steroid dienone is 5. The van der Waals surface area contributed by atoms with E-state index >= 15 is 0 Å². The first-order valence-electron chi connectivity index (χ1n) is 36.7. The Morgan fingerprint density at radius 3 is 1.41 bits per heavy atom. The van der Waals surface area contributed by atoms with Crippen molar-refractivity contribution in [3.8, 4) is 28.2 Å². The molecule has 8 aromatic heterocycles. The van der Waals surface area contributed by atoms with E-state index in [1.807, 2.05) is 76.2 Å². The standard InChI is InChI=1S/C23H21ClFN5O2.C12H7Cl2FN2O.C11H14N2.C10H17N3.C10H21N3.C6H14O2.C5H4Cl2N2.C4HCl3N2.C3H5B/c1-11(2)15-10-26-29-18(12(3)4)20(15)30-21-14(22(31)28-23(30)32)9-16(24)19(27-21)13-7-5-6-8-17(13)25;13-8-5-7(12(16)18)11(14)17-10(8)6-3-1-2-4-9(6)15;1-7(2)10-6-12-13-11(8(3)4)9(10)5;1-6(2)8-5-12-13-10(7(3)4)9(8)11;1-6(2)8(5-11)10(13)9(12)7(3)4;1-5(2,7)6(3,4)8;1-3-4(6)2-8-9-5(3)7;5-2-1-8-9-4(7)3(2)6;1-3(2)4/h5-12H,1-4H3,(H,28,31,32);1-5H,(H2,16,18);6H,1,3H2,2,4-5H3;5-7H,1-4H3,(H2,11,12);5-7H,11-13H2,1-4H3;7-8H,1-4H3;2H,1H3;1H;1H2,2H3/b;;;;8-5-,10-9+;;;;. The minimum absolute atomic E-state index is 0.00163. The molecule has 0 bridgehead atoms. The maximum atomic E-state index is 14.5. The zero-order chi connectivity index (χ0) is 91.3. The van der Waals surface area contributed by atoms with Crippen molar-refractivity contribution in [1.82, 2.24) is 70.5 Å². The number of nitrogen functional groups attached to an aromatic ring is 1. The Balaban J connectivity index is 0.000000481. The number of hydrogen-bond donors (Lipinski definition) is 8. The Bertz CT molecular complexity index is 5170. The summed E-state index contributed by atoms with van der Waals surface area (Å²) in [5, 5.41) is 58.3. The zero-order valence-corrected chi connectivity index (χ0v) is 76.5. The molecule has 35 heteroatoms. The fourth-order valence-corrected chi connectivity index (χ4v) is 11.0. The molecule has 0 unspecified atom stereocenters. The number of halogens is 10. The van der Waals surface area contributed by atoms with Crippen LogP contribution in [0.5, 0.6) is 0 Å². The van der Waals surface area contributed by atoms with Crippen molar-refractivity contribution in [1.29, 1.82) is 0 Å². The second-order valence-electron chi connectivity index (χ2n) is 29.5. The van der Waals surface area contributed by atoms with Gasteiger partial charge in [-0.3, -0.25) is 14.6 Å². The van der Waals surface area contributed by atoms with Crippen molar-refractivity contribution in [2.45, 2.75) is 180 Å². The highest BCUT2D eigenvalue weighted by Crippen LogP contribution is 2.36. The van der Waals surface area contributed by atoms with Gasteiger partial charge in [0, 0.05) is 33.5 Å². The van der Waals surface area contributed by atoms with Gasteiger partial charge in [0.05, 0.1) is 119 Å². The molecule has 0 atom stereocenters. The van der Waals surface area contributed by atoms with Crippen LogP contribution in [0.2, 0.25) is 40.6 Å². The molecule has 10 aromatic rings. The van der Waals surface area contributed by atoms with Crippen molar-refractivity contribution in [3.05, 3.63) is 264 Å². The third-order valence-electron chi connectivity index (χ3n) is 16.9. The van der Waals surface area contributed by atoms with E-state index in [9.17, 15) is 23.2 Å². The molecule has 0 spiro atoms. The van der Waals surface area contributed by atoms with Gasteiger partial charge in [-0.2, -0.15) is 40.8 Å². The van der Waals surface area contributed by atoms with Crippen LogP contribution in [-0.2, 0) is 0 Å². The number of aromatic nitrogens is 14. The van der Waals surface area contributed by atoms with E-state index in [4.69, 9.17) is 140 Å². The number of nitrogens with one attached hydrogen (secondary N) is 1. The molecule has 638 valence electrons. The number of H-pyrrole nitrogens is 1. The average Bonchev–Trinajstić information content (AvgIpc) is 0.741. The Morgan fingerprint density at radius 2 is 1.01 bits per heavy atom. The van der Waals surface area contributed by atoms with Crippen LogP contribution in [0, 0.1) is 37.3 Å². The third kappa shape index (κ3) is 31.6. The molecule has 1 amide bonds. The van der Waals surface area contributed by atoms with Gasteiger partial charge in [-0.05, 0) is 161 Å². The number of aliphatic hydroxyl groups is 2. The molecule has 119 heavy (non-hydrogen) atoms. The van der Waals surface area contributed by atoms with Gasteiger partial charge in [0.15, 0.2) is 16.0 Å². The Hall–Kier alpha value is -9.39. The maximum Gasteiger partial charge on any atom is 0.334 e. The molecular formula is C84H104BCl8F2N19O5. The number of primary amides is 1. The summed E-state index contributed by atoms with van der Waals surface area (Å²) in [5.41, 5.74) is 39.1. The smallest absolute Gasteiger partial charge is 0.334 e. The highest BCUT2D eigenvalue weighted by atomic mass is 35.5. The van der Waals surface area contributed by atoms with Crippen LogP contribution < -0.4 is 39.9 Å². The summed E-state index contributed by atoms with van der Waals surface area (Å²) >= 11 is 45.8. The van der Waals surface area contributed by atoms with Crippen LogP contribution in [0.4, 0.5) is 14.5 Å². The fraction of sp³-hybridized carbons (Fsp3) is 0.345. The number of amides is 1. The number of hydrogen-bond acceptors (Lipinski definition) is 21. The van der Waals surface area contributed by atoms with Crippen LogP contribution in [0.15, 0.2) is 150 Å². The zero-order valence-electron chi connectivity index (χ0n) is 70.5. The van der Waals surface area contributed by atoms with Crippen molar-refractivity contribution in [2.24, 2.45) is 34.8 Å². The van der Waals surface area contributed by atoms with Crippen molar-refractivity contribution in [2.75, 3.05) is 5.73 Å². The number of nitrogens with zero attached hydrogens (tertiary/aromatic N) is 13. The molecule has 0 saturated carbocycles. The van der Waals surface area contributed by atoms with E-state index in [2.05, 4.69) is 113 Å². The first-order chi connectivity index (χ1) is 55.1. The monoisotopic (exact) mass is 1790 g/mol. The van der Waals surface area contributed by atoms with E-state index in [1.54, 1.807) is 84.4 Å².